The van der Waals surface area contributed by atoms with E-state index in [0.29, 0.717) is 30.5 Å². The van der Waals surface area contributed by atoms with Gasteiger partial charge in [-0.3, -0.25) is 9.59 Å². The number of hydrogen-bond donors (Lipinski definition) is 1. The van der Waals surface area contributed by atoms with E-state index in [0.717, 1.165) is 29.9 Å². The minimum atomic E-state index is -0.503. The van der Waals surface area contributed by atoms with E-state index >= 15 is 0 Å². The second kappa shape index (κ2) is 13.7. The van der Waals surface area contributed by atoms with Crippen molar-refractivity contribution in [1.29, 1.82) is 0 Å². The van der Waals surface area contributed by atoms with E-state index in [-0.39, 0.29) is 12.6 Å². The van der Waals surface area contributed by atoms with Gasteiger partial charge in [-0.05, 0) is 44.2 Å². The number of aryl methyl sites for hydroxylation is 2. The van der Waals surface area contributed by atoms with Gasteiger partial charge in [0.1, 0.15) is 0 Å². The molecule has 1 N–H and O–H groups in total. The molecule has 0 bridgehead atoms. The van der Waals surface area contributed by atoms with E-state index < -0.39 is 5.92 Å². The van der Waals surface area contributed by atoms with Crippen molar-refractivity contribution in [3.8, 4) is 0 Å². The summed E-state index contributed by atoms with van der Waals surface area (Å²) >= 11 is 0. The summed E-state index contributed by atoms with van der Waals surface area (Å²) in [6.07, 6.45) is 4.44. The predicted molar refractivity (Wildman–Crippen MR) is 142 cm³/mol. The SMILES string of the molecule is C/C(=N\N(C=O)C[n+]1ccccc1)[C@@H](CN(CC(C)C)CC(C)C)C(=O)Nc1ccc(C)cc1C. The van der Waals surface area contributed by atoms with E-state index in [2.05, 4.69) is 49.1 Å². The molecule has 0 aliphatic rings. The minimum Gasteiger partial charge on any atom is -0.325 e. The van der Waals surface area contributed by atoms with Crippen molar-refractivity contribution in [1.82, 2.24) is 9.91 Å². The van der Waals surface area contributed by atoms with E-state index in [1.165, 1.54) is 5.01 Å². The number of anilines is 1. The van der Waals surface area contributed by atoms with E-state index in [1.54, 1.807) is 0 Å². The van der Waals surface area contributed by atoms with Gasteiger partial charge in [-0.25, -0.2) is 0 Å². The molecule has 2 aromatic rings. The summed E-state index contributed by atoms with van der Waals surface area (Å²) in [6.45, 7) is 17.2. The van der Waals surface area contributed by atoms with E-state index in [9.17, 15) is 9.59 Å². The molecule has 1 atom stereocenters. The van der Waals surface area contributed by atoms with Gasteiger partial charge in [0.25, 0.3) is 0 Å². The third-order valence-corrected chi connectivity index (χ3v) is 5.64. The van der Waals surface area contributed by atoms with Gasteiger partial charge in [-0.2, -0.15) is 14.7 Å². The van der Waals surface area contributed by atoms with Crippen LogP contribution in [0.15, 0.2) is 53.9 Å². The number of hydrazone groups is 1. The van der Waals surface area contributed by atoms with Gasteiger partial charge in [0.15, 0.2) is 12.4 Å². The Morgan fingerprint density at radius 3 is 2.20 bits per heavy atom. The second-order valence-corrected chi connectivity index (χ2v) is 10.2. The first-order chi connectivity index (χ1) is 16.6. The fraction of sp³-hybridized carbons (Fsp3) is 0.500. The van der Waals surface area contributed by atoms with Gasteiger partial charge >= 0.3 is 0 Å². The van der Waals surface area contributed by atoms with Crippen LogP contribution in [0.2, 0.25) is 0 Å². The molecule has 0 aliphatic carbocycles. The van der Waals surface area contributed by atoms with Gasteiger partial charge in [-0.15, -0.1) is 0 Å². The van der Waals surface area contributed by atoms with Crippen LogP contribution in [0, 0.1) is 31.6 Å². The minimum absolute atomic E-state index is 0.117. The zero-order valence-electron chi connectivity index (χ0n) is 22.4. The molecule has 35 heavy (non-hydrogen) atoms. The predicted octanol–water partition coefficient (Wildman–Crippen LogP) is 4.25. The molecule has 1 aromatic heterocycles. The summed E-state index contributed by atoms with van der Waals surface area (Å²) in [5, 5.41) is 9.02. The van der Waals surface area contributed by atoms with Gasteiger partial charge in [0.05, 0.1) is 5.92 Å². The summed E-state index contributed by atoms with van der Waals surface area (Å²) in [5.74, 6) is 0.315. The Hall–Kier alpha value is -3.06. The van der Waals surface area contributed by atoms with Crippen LogP contribution in [0.1, 0.15) is 45.7 Å². The first-order valence-corrected chi connectivity index (χ1v) is 12.4. The lowest BCUT2D eigenvalue weighted by Crippen LogP contribution is -2.44. The normalized spacial score (nSPS) is 12.8. The van der Waals surface area contributed by atoms with Crippen molar-refractivity contribution in [2.45, 2.75) is 55.1 Å². The van der Waals surface area contributed by atoms with Crippen molar-refractivity contribution in [3.63, 3.8) is 0 Å². The molecule has 0 aliphatic heterocycles. The highest BCUT2D eigenvalue weighted by Gasteiger charge is 2.27. The second-order valence-electron chi connectivity index (χ2n) is 10.2. The summed E-state index contributed by atoms with van der Waals surface area (Å²) in [5.41, 5.74) is 3.57. The molecule has 0 spiro atoms. The lowest BCUT2D eigenvalue weighted by molar-refractivity contribution is -0.712. The third kappa shape index (κ3) is 9.61. The molecule has 7 heteroatoms. The highest BCUT2D eigenvalue weighted by atomic mass is 16.2. The van der Waals surface area contributed by atoms with Crippen LogP contribution in [0.5, 0.6) is 0 Å². The molecule has 0 fully saturated rings. The molecule has 190 valence electrons. The fourth-order valence-corrected chi connectivity index (χ4v) is 4.15. The Morgan fingerprint density at radius 1 is 1.03 bits per heavy atom. The number of rotatable bonds is 13. The summed E-state index contributed by atoms with van der Waals surface area (Å²) in [4.78, 5) is 27.7. The maximum Gasteiger partial charge on any atom is 0.245 e. The zero-order chi connectivity index (χ0) is 26.0. The van der Waals surface area contributed by atoms with Crippen LogP contribution in [0.3, 0.4) is 0 Å². The number of nitrogens with zero attached hydrogens (tertiary/aromatic N) is 4. The molecule has 1 aromatic carbocycles. The molecule has 2 rings (SSSR count). The van der Waals surface area contributed by atoms with Gasteiger partial charge in [-0.1, -0.05) is 51.5 Å². The molecular formula is C28H42N5O2+. The van der Waals surface area contributed by atoms with Crippen molar-refractivity contribution >= 4 is 23.7 Å². The number of pyridine rings is 1. The van der Waals surface area contributed by atoms with Gasteiger partial charge in [0.2, 0.25) is 19.0 Å². The van der Waals surface area contributed by atoms with Crippen LogP contribution in [-0.4, -0.2) is 47.6 Å². The maximum atomic E-state index is 13.6. The van der Waals surface area contributed by atoms with Crippen molar-refractivity contribution < 1.29 is 14.2 Å². The van der Waals surface area contributed by atoms with Crippen molar-refractivity contribution in [2.24, 2.45) is 22.9 Å². The zero-order valence-corrected chi connectivity index (χ0v) is 22.4. The first-order valence-electron chi connectivity index (χ1n) is 12.4. The molecule has 7 nitrogen and oxygen atoms in total. The van der Waals surface area contributed by atoms with Crippen LogP contribution >= 0.6 is 0 Å². The number of carbonyl (C=O) groups is 2. The number of carbonyl (C=O) groups excluding carboxylic acids is 2. The molecule has 0 radical (unpaired) electrons. The van der Waals surface area contributed by atoms with Gasteiger partial charge in [0, 0.05) is 43.2 Å². The van der Waals surface area contributed by atoms with Gasteiger partial charge < -0.3 is 10.2 Å². The number of hydrogen-bond acceptors (Lipinski definition) is 4. The highest BCUT2D eigenvalue weighted by Crippen LogP contribution is 2.19. The Labute approximate surface area is 210 Å². The lowest BCUT2D eigenvalue weighted by Gasteiger charge is -2.30. The average Bonchev–Trinajstić information content (AvgIpc) is 2.78. The number of amides is 2. The molecule has 0 saturated carbocycles. The smallest absolute Gasteiger partial charge is 0.245 e. The van der Waals surface area contributed by atoms with E-state index in [1.807, 2.05) is 68.1 Å². The monoisotopic (exact) mass is 480 g/mol. The van der Waals surface area contributed by atoms with Crippen LogP contribution in [-0.2, 0) is 16.3 Å². The Kier molecular flexibility index (Phi) is 11.1. The summed E-state index contributed by atoms with van der Waals surface area (Å²) < 4.78 is 1.86. The number of benzene rings is 1. The maximum absolute atomic E-state index is 13.6. The fourth-order valence-electron chi connectivity index (χ4n) is 4.15. The number of nitrogens with one attached hydrogen (secondary N) is 1. The van der Waals surface area contributed by atoms with Crippen LogP contribution in [0.4, 0.5) is 5.69 Å². The number of aromatic nitrogens is 1. The van der Waals surface area contributed by atoms with Crippen molar-refractivity contribution in [2.75, 3.05) is 25.0 Å². The highest BCUT2D eigenvalue weighted by molar-refractivity contribution is 6.09. The van der Waals surface area contributed by atoms with E-state index in [4.69, 9.17) is 0 Å². The Bertz CT molecular complexity index is 978. The average molecular weight is 481 g/mol. The van der Waals surface area contributed by atoms with Crippen molar-refractivity contribution in [3.05, 3.63) is 59.9 Å². The Morgan fingerprint density at radius 2 is 1.66 bits per heavy atom. The summed E-state index contributed by atoms with van der Waals surface area (Å²) in [6, 6.07) is 11.7. The standard InChI is InChI=1S/C28H41N5O2/c1-21(2)16-32(17-22(3)4)18-26(28(35)29-27-12-11-23(5)15-24(27)6)25(7)30-33(20-34)19-31-13-9-8-10-14-31/h8-15,20-22,26H,16-19H2,1-7H3/p+1/b30-25+/t26-/m1/s1. The largest absolute Gasteiger partial charge is 0.325 e. The van der Waals surface area contributed by atoms with Crippen LogP contribution in [0.25, 0.3) is 0 Å². The Balaban J connectivity index is 2.34. The molecule has 0 unspecified atom stereocenters. The lowest BCUT2D eigenvalue weighted by atomic mass is 10.00. The summed E-state index contributed by atoms with van der Waals surface area (Å²) in [7, 11) is 0. The quantitative estimate of drug-likeness (QED) is 0.202. The topological polar surface area (TPSA) is 68.9 Å². The molecule has 1 heterocycles. The molecular weight excluding hydrogens is 438 g/mol. The third-order valence-electron chi connectivity index (χ3n) is 5.64. The van der Waals surface area contributed by atoms with Crippen LogP contribution < -0.4 is 9.88 Å². The first kappa shape index (κ1) is 28.2. The molecule has 2 amide bonds. The molecule has 0 saturated heterocycles.